The highest BCUT2D eigenvalue weighted by Gasteiger charge is 2.28. The van der Waals surface area contributed by atoms with Crippen LogP contribution in [0.1, 0.15) is 55.0 Å². The van der Waals surface area contributed by atoms with Gasteiger partial charge in [0.15, 0.2) is 0 Å². The molecule has 4 rings (SSSR count). The summed E-state index contributed by atoms with van der Waals surface area (Å²) >= 11 is 6.20. The smallest absolute Gasteiger partial charge is 0.269 e. The molecule has 0 saturated carbocycles. The number of fused-ring (bicyclic) bond motifs is 1. The number of benzene rings is 3. The summed E-state index contributed by atoms with van der Waals surface area (Å²) in [4.78, 5) is 44.8. The van der Waals surface area contributed by atoms with Gasteiger partial charge in [-0.15, -0.1) is 0 Å². The van der Waals surface area contributed by atoms with Crippen LogP contribution in [0.2, 0.25) is 5.02 Å². The highest BCUT2D eigenvalue weighted by molar-refractivity contribution is 6.30. The number of carbonyl (C=O) groups is 1. The van der Waals surface area contributed by atoms with Crippen LogP contribution in [0.4, 0.5) is 5.69 Å². The maximum absolute atomic E-state index is 13.8. The van der Waals surface area contributed by atoms with Crippen molar-refractivity contribution in [1.82, 2.24) is 14.5 Å². The van der Waals surface area contributed by atoms with Crippen molar-refractivity contribution in [3.63, 3.8) is 0 Å². The SMILES string of the molecule is Cc1cc(Cl)ccc1-n1c(C(C)N(CCC(C)C)C(=O)c2ccc([N+](=O)[O-])cc2)nc2ccccc2c1=O. The topological polar surface area (TPSA) is 98.3 Å². The molecular weight excluding hydrogens is 504 g/mol. The maximum Gasteiger partial charge on any atom is 0.269 e. The zero-order valence-corrected chi connectivity index (χ0v) is 22.5. The number of rotatable bonds is 8. The number of amides is 1. The van der Waals surface area contributed by atoms with Gasteiger partial charge in [-0.3, -0.25) is 24.3 Å². The van der Waals surface area contributed by atoms with Crippen LogP contribution in [0.5, 0.6) is 0 Å². The van der Waals surface area contributed by atoms with Crippen molar-refractivity contribution < 1.29 is 9.72 Å². The van der Waals surface area contributed by atoms with Gasteiger partial charge in [-0.1, -0.05) is 37.6 Å². The van der Waals surface area contributed by atoms with Gasteiger partial charge in [-0.2, -0.15) is 0 Å². The molecule has 0 aliphatic heterocycles. The first-order chi connectivity index (χ1) is 18.1. The van der Waals surface area contributed by atoms with Gasteiger partial charge in [-0.25, -0.2) is 4.98 Å². The molecule has 0 aliphatic rings. The van der Waals surface area contributed by atoms with E-state index in [0.29, 0.717) is 45.5 Å². The lowest BCUT2D eigenvalue weighted by Gasteiger charge is -2.31. The van der Waals surface area contributed by atoms with Crippen molar-refractivity contribution in [2.45, 2.75) is 40.2 Å². The Kier molecular flexibility index (Phi) is 7.92. The van der Waals surface area contributed by atoms with Gasteiger partial charge < -0.3 is 4.90 Å². The van der Waals surface area contributed by atoms with E-state index in [0.717, 1.165) is 12.0 Å². The number of hydrogen-bond acceptors (Lipinski definition) is 5. The number of aromatic nitrogens is 2. The molecule has 38 heavy (non-hydrogen) atoms. The first-order valence-electron chi connectivity index (χ1n) is 12.4. The highest BCUT2D eigenvalue weighted by Crippen LogP contribution is 2.28. The molecule has 196 valence electrons. The number of non-ortho nitro benzene ring substituents is 1. The van der Waals surface area contributed by atoms with Crippen molar-refractivity contribution in [2.75, 3.05) is 6.54 Å². The Labute approximate surface area is 225 Å². The Morgan fingerprint density at radius 3 is 2.39 bits per heavy atom. The van der Waals surface area contributed by atoms with Crippen molar-refractivity contribution in [1.29, 1.82) is 0 Å². The van der Waals surface area contributed by atoms with Crippen molar-refractivity contribution in [2.24, 2.45) is 5.92 Å². The van der Waals surface area contributed by atoms with Gasteiger partial charge in [0, 0.05) is 29.3 Å². The van der Waals surface area contributed by atoms with Gasteiger partial charge in [0.05, 0.1) is 27.6 Å². The Morgan fingerprint density at radius 1 is 1.08 bits per heavy atom. The minimum atomic E-state index is -0.594. The highest BCUT2D eigenvalue weighted by atomic mass is 35.5. The van der Waals surface area contributed by atoms with Crippen LogP contribution in [-0.2, 0) is 0 Å². The molecule has 0 radical (unpaired) electrons. The minimum absolute atomic E-state index is 0.0911. The zero-order valence-electron chi connectivity index (χ0n) is 21.7. The maximum atomic E-state index is 13.8. The number of carbonyl (C=O) groups excluding carboxylic acids is 1. The van der Waals surface area contributed by atoms with Crippen molar-refractivity contribution in [3.8, 4) is 5.69 Å². The minimum Gasteiger partial charge on any atom is -0.329 e. The largest absolute Gasteiger partial charge is 0.329 e. The second kappa shape index (κ2) is 11.1. The lowest BCUT2D eigenvalue weighted by Crippen LogP contribution is -2.38. The van der Waals surface area contributed by atoms with Crippen LogP contribution >= 0.6 is 11.6 Å². The summed E-state index contributed by atoms with van der Waals surface area (Å²) in [7, 11) is 0. The summed E-state index contributed by atoms with van der Waals surface area (Å²) in [5, 5.41) is 12.1. The lowest BCUT2D eigenvalue weighted by molar-refractivity contribution is -0.384. The van der Waals surface area contributed by atoms with E-state index in [2.05, 4.69) is 13.8 Å². The molecule has 1 amide bonds. The van der Waals surface area contributed by atoms with Crippen LogP contribution in [0.25, 0.3) is 16.6 Å². The number of para-hydroxylation sites is 1. The normalized spacial score (nSPS) is 12.1. The van der Waals surface area contributed by atoms with E-state index in [9.17, 15) is 19.7 Å². The van der Waals surface area contributed by atoms with Crippen LogP contribution in [0.3, 0.4) is 0 Å². The molecule has 1 aromatic heterocycles. The standard InChI is InChI=1S/C29H29ClN4O4/c1-18(2)15-16-32(28(35)21-9-12-23(13-10-21)34(37)38)20(4)27-31-25-8-6-5-7-24(25)29(36)33(27)26-14-11-22(30)17-19(26)3/h5-14,17-18,20H,15-16H2,1-4H3. The molecule has 9 heteroatoms. The Morgan fingerprint density at radius 2 is 1.76 bits per heavy atom. The van der Waals surface area contributed by atoms with Crippen LogP contribution in [0.15, 0.2) is 71.5 Å². The van der Waals surface area contributed by atoms with E-state index in [4.69, 9.17) is 16.6 Å². The monoisotopic (exact) mass is 532 g/mol. The number of hydrogen-bond donors (Lipinski definition) is 0. The fourth-order valence-corrected chi connectivity index (χ4v) is 4.66. The van der Waals surface area contributed by atoms with E-state index in [1.54, 1.807) is 45.9 Å². The van der Waals surface area contributed by atoms with Crippen LogP contribution in [-0.4, -0.2) is 31.8 Å². The van der Waals surface area contributed by atoms with E-state index < -0.39 is 11.0 Å². The molecular formula is C29H29ClN4O4. The number of nitro groups is 1. The molecule has 8 nitrogen and oxygen atoms in total. The van der Waals surface area contributed by atoms with Crippen molar-refractivity contribution in [3.05, 3.63) is 109 Å². The first-order valence-corrected chi connectivity index (χ1v) is 12.8. The molecule has 0 spiro atoms. The van der Waals surface area contributed by atoms with E-state index >= 15 is 0 Å². The molecule has 4 aromatic rings. The number of halogens is 1. The predicted molar refractivity (Wildman–Crippen MR) is 149 cm³/mol. The first kappa shape index (κ1) is 27.0. The molecule has 0 fully saturated rings. The predicted octanol–water partition coefficient (Wildman–Crippen LogP) is 6.51. The molecule has 1 heterocycles. The third-order valence-electron chi connectivity index (χ3n) is 6.58. The molecule has 1 unspecified atom stereocenters. The lowest BCUT2D eigenvalue weighted by atomic mass is 10.1. The quantitative estimate of drug-likeness (QED) is 0.190. The second-order valence-electron chi connectivity index (χ2n) is 9.72. The number of aryl methyl sites for hydroxylation is 1. The van der Waals surface area contributed by atoms with E-state index in [1.165, 1.54) is 24.3 Å². The third-order valence-corrected chi connectivity index (χ3v) is 6.81. The number of nitrogens with zero attached hydrogens (tertiary/aromatic N) is 4. The average molecular weight is 533 g/mol. The fourth-order valence-electron chi connectivity index (χ4n) is 4.43. The summed E-state index contributed by atoms with van der Waals surface area (Å²) in [6.07, 6.45) is 0.723. The Bertz CT molecular complexity index is 1560. The summed E-state index contributed by atoms with van der Waals surface area (Å²) in [5.41, 5.74) is 1.95. The Hall–Kier alpha value is -4.04. The van der Waals surface area contributed by atoms with E-state index in [-0.39, 0.29) is 17.2 Å². The van der Waals surface area contributed by atoms with Gasteiger partial charge >= 0.3 is 0 Å². The molecule has 0 bridgehead atoms. The van der Waals surface area contributed by atoms with Gasteiger partial charge in [-0.05, 0) is 74.2 Å². The molecule has 0 aliphatic carbocycles. The molecule has 0 N–H and O–H groups in total. The Balaban J connectivity index is 1.89. The van der Waals surface area contributed by atoms with Gasteiger partial charge in [0.1, 0.15) is 5.82 Å². The van der Waals surface area contributed by atoms with Crippen LogP contribution < -0.4 is 5.56 Å². The summed E-state index contributed by atoms with van der Waals surface area (Å²) in [6.45, 7) is 8.27. The fraction of sp³-hybridized carbons (Fsp3) is 0.276. The summed E-state index contributed by atoms with van der Waals surface area (Å²) in [5.74, 6) is 0.438. The number of nitro benzene ring substituents is 1. The summed E-state index contributed by atoms with van der Waals surface area (Å²) < 4.78 is 1.56. The van der Waals surface area contributed by atoms with Gasteiger partial charge in [0.25, 0.3) is 17.2 Å². The molecule has 3 aromatic carbocycles. The summed E-state index contributed by atoms with van der Waals surface area (Å²) in [6, 6.07) is 17.4. The van der Waals surface area contributed by atoms with Crippen LogP contribution in [0, 0.1) is 23.0 Å². The van der Waals surface area contributed by atoms with Crippen molar-refractivity contribution >= 4 is 34.1 Å². The molecule has 0 saturated heterocycles. The molecule has 1 atom stereocenters. The average Bonchev–Trinajstić information content (AvgIpc) is 2.89. The van der Waals surface area contributed by atoms with Gasteiger partial charge in [0.2, 0.25) is 0 Å². The third kappa shape index (κ3) is 5.45. The zero-order chi connectivity index (χ0) is 27.6. The second-order valence-corrected chi connectivity index (χ2v) is 10.2. The van der Waals surface area contributed by atoms with E-state index in [1.807, 2.05) is 19.9 Å².